The second-order valence-electron chi connectivity index (χ2n) is 7.17. The number of carboxylic acid groups (broad SMARTS) is 2. The van der Waals surface area contributed by atoms with Gasteiger partial charge in [-0.05, 0) is 38.1 Å². The number of ether oxygens (including phenoxy) is 1. The van der Waals surface area contributed by atoms with Crippen molar-refractivity contribution in [3.63, 3.8) is 0 Å². The third-order valence-electron chi connectivity index (χ3n) is 4.88. The van der Waals surface area contributed by atoms with Crippen LogP contribution in [0.15, 0.2) is 54.6 Å². The molecular weight excluding hydrogens is 384 g/mol. The molecule has 0 aliphatic carbocycles. The van der Waals surface area contributed by atoms with Crippen LogP contribution < -0.4 is 4.74 Å². The number of unbranched alkanes of at least 4 members (excludes halogenated alkanes) is 1. The highest BCUT2D eigenvalue weighted by molar-refractivity contribution is 6.27. The molecule has 3 rings (SSSR count). The average Bonchev–Trinajstić information content (AvgIpc) is 2.76. The fourth-order valence-corrected chi connectivity index (χ4v) is 3.14. The van der Waals surface area contributed by atoms with Crippen molar-refractivity contribution in [1.82, 2.24) is 9.80 Å². The van der Waals surface area contributed by atoms with E-state index in [1.54, 1.807) is 0 Å². The molecule has 0 bridgehead atoms. The number of benzene rings is 2. The molecule has 1 aliphatic heterocycles. The smallest absolute Gasteiger partial charge is 0.414 e. The summed E-state index contributed by atoms with van der Waals surface area (Å²) in [7, 11) is 2.20. The Morgan fingerprint density at radius 3 is 2.10 bits per heavy atom. The zero-order valence-electron chi connectivity index (χ0n) is 17.4. The van der Waals surface area contributed by atoms with Gasteiger partial charge in [-0.25, -0.2) is 9.59 Å². The van der Waals surface area contributed by atoms with Crippen LogP contribution in [0.25, 0.3) is 11.1 Å². The summed E-state index contributed by atoms with van der Waals surface area (Å²) in [4.78, 5) is 23.2. The van der Waals surface area contributed by atoms with E-state index in [0.717, 1.165) is 18.8 Å². The number of piperazine rings is 1. The minimum absolute atomic E-state index is 0.789. The summed E-state index contributed by atoms with van der Waals surface area (Å²) >= 11 is 0. The summed E-state index contributed by atoms with van der Waals surface area (Å²) < 4.78 is 6.07. The number of para-hydroxylation sites is 1. The molecule has 7 heteroatoms. The minimum atomic E-state index is -1.82. The Kier molecular flexibility index (Phi) is 9.83. The minimum Gasteiger partial charge on any atom is -0.493 e. The Morgan fingerprint density at radius 1 is 0.867 bits per heavy atom. The third kappa shape index (κ3) is 8.23. The van der Waals surface area contributed by atoms with E-state index in [4.69, 9.17) is 24.5 Å². The molecule has 7 nitrogen and oxygen atoms in total. The highest BCUT2D eigenvalue weighted by atomic mass is 16.5. The maximum absolute atomic E-state index is 9.10. The number of hydrogen-bond acceptors (Lipinski definition) is 5. The topological polar surface area (TPSA) is 90.3 Å². The molecule has 0 atom stereocenters. The monoisotopic (exact) mass is 414 g/mol. The van der Waals surface area contributed by atoms with Crippen LogP contribution in [0.1, 0.15) is 12.8 Å². The zero-order valence-corrected chi connectivity index (χ0v) is 17.4. The van der Waals surface area contributed by atoms with Gasteiger partial charge < -0.3 is 24.7 Å². The summed E-state index contributed by atoms with van der Waals surface area (Å²) in [6.07, 6.45) is 2.31. The molecule has 0 radical (unpaired) electrons. The molecule has 162 valence electrons. The van der Waals surface area contributed by atoms with E-state index >= 15 is 0 Å². The predicted molar refractivity (Wildman–Crippen MR) is 116 cm³/mol. The summed E-state index contributed by atoms with van der Waals surface area (Å²) in [6, 6.07) is 18.8. The Labute approximate surface area is 177 Å². The van der Waals surface area contributed by atoms with Gasteiger partial charge in [-0.1, -0.05) is 48.5 Å². The van der Waals surface area contributed by atoms with Crippen LogP contribution in [-0.2, 0) is 9.59 Å². The van der Waals surface area contributed by atoms with Crippen molar-refractivity contribution in [2.24, 2.45) is 0 Å². The van der Waals surface area contributed by atoms with E-state index in [1.165, 1.54) is 50.3 Å². The van der Waals surface area contributed by atoms with Gasteiger partial charge in [0.25, 0.3) is 0 Å². The molecule has 0 saturated carbocycles. The second-order valence-corrected chi connectivity index (χ2v) is 7.17. The van der Waals surface area contributed by atoms with Crippen LogP contribution in [0.5, 0.6) is 5.75 Å². The van der Waals surface area contributed by atoms with Crippen molar-refractivity contribution >= 4 is 11.9 Å². The fraction of sp³-hybridized carbons (Fsp3) is 0.391. The van der Waals surface area contributed by atoms with Gasteiger partial charge in [0.2, 0.25) is 0 Å². The van der Waals surface area contributed by atoms with Crippen LogP contribution in [0.4, 0.5) is 0 Å². The first kappa shape index (κ1) is 23.4. The molecule has 0 aromatic heterocycles. The van der Waals surface area contributed by atoms with E-state index in [1.807, 2.05) is 12.1 Å². The van der Waals surface area contributed by atoms with Gasteiger partial charge in [0.15, 0.2) is 0 Å². The van der Waals surface area contributed by atoms with E-state index in [9.17, 15) is 0 Å². The van der Waals surface area contributed by atoms with Crippen LogP contribution in [0, 0.1) is 0 Å². The summed E-state index contributed by atoms with van der Waals surface area (Å²) in [5.41, 5.74) is 2.39. The summed E-state index contributed by atoms with van der Waals surface area (Å²) in [5, 5.41) is 14.8. The molecule has 1 heterocycles. The average molecular weight is 415 g/mol. The van der Waals surface area contributed by atoms with Crippen molar-refractivity contribution in [3.8, 4) is 16.9 Å². The van der Waals surface area contributed by atoms with Crippen molar-refractivity contribution in [1.29, 1.82) is 0 Å². The van der Waals surface area contributed by atoms with Gasteiger partial charge in [0, 0.05) is 31.7 Å². The quantitative estimate of drug-likeness (QED) is 0.532. The fourth-order valence-electron chi connectivity index (χ4n) is 3.14. The van der Waals surface area contributed by atoms with Gasteiger partial charge in [-0.15, -0.1) is 0 Å². The van der Waals surface area contributed by atoms with Gasteiger partial charge in [0.1, 0.15) is 5.75 Å². The molecule has 30 heavy (non-hydrogen) atoms. The first-order chi connectivity index (χ1) is 14.5. The number of carboxylic acids is 2. The number of nitrogens with zero attached hydrogens (tertiary/aromatic N) is 2. The maximum atomic E-state index is 9.10. The van der Waals surface area contributed by atoms with Gasteiger partial charge in [0.05, 0.1) is 6.61 Å². The Hall–Kier alpha value is -2.90. The molecule has 0 amide bonds. The van der Waals surface area contributed by atoms with E-state index in [2.05, 4.69) is 59.3 Å². The van der Waals surface area contributed by atoms with E-state index < -0.39 is 11.9 Å². The van der Waals surface area contributed by atoms with Crippen LogP contribution in [0.2, 0.25) is 0 Å². The molecule has 0 unspecified atom stereocenters. The molecule has 2 aromatic carbocycles. The summed E-state index contributed by atoms with van der Waals surface area (Å²) in [5.74, 6) is -2.66. The number of aliphatic carboxylic acids is 2. The Bertz CT molecular complexity index is 777. The van der Waals surface area contributed by atoms with Crippen LogP contribution in [0.3, 0.4) is 0 Å². The third-order valence-corrected chi connectivity index (χ3v) is 4.88. The second kappa shape index (κ2) is 12.6. The number of carbonyl (C=O) groups is 2. The molecule has 1 saturated heterocycles. The van der Waals surface area contributed by atoms with Crippen molar-refractivity contribution in [2.75, 3.05) is 46.4 Å². The van der Waals surface area contributed by atoms with Crippen LogP contribution in [-0.4, -0.2) is 78.3 Å². The lowest BCUT2D eigenvalue weighted by molar-refractivity contribution is -0.159. The highest BCUT2D eigenvalue weighted by Gasteiger charge is 2.12. The lowest BCUT2D eigenvalue weighted by Crippen LogP contribution is -2.44. The number of rotatable bonds is 7. The molecule has 0 spiro atoms. The van der Waals surface area contributed by atoms with Gasteiger partial charge in [-0.3, -0.25) is 0 Å². The van der Waals surface area contributed by atoms with Crippen molar-refractivity contribution in [3.05, 3.63) is 54.6 Å². The maximum Gasteiger partial charge on any atom is 0.414 e. The SMILES string of the molecule is CN1CCN(CCCCOc2ccccc2-c2ccccc2)CC1.O=C(O)C(=O)O. The first-order valence-corrected chi connectivity index (χ1v) is 10.1. The van der Waals surface area contributed by atoms with E-state index in [0.29, 0.717) is 0 Å². The summed E-state index contributed by atoms with van der Waals surface area (Å²) in [6.45, 7) is 6.78. The molecular formula is C23H30N2O5. The molecule has 1 fully saturated rings. The number of likely N-dealkylation sites (N-methyl/N-ethyl adjacent to an activating group) is 1. The van der Waals surface area contributed by atoms with Crippen molar-refractivity contribution < 1.29 is 24.5 Å². The zero-order chi connectivity index (χ0) is 21.8. The predicted octanol–water partition coefficient (Wildman–Crippen LogP) is 2.92. The van der Waals surface area contributed by atoms with Crippen LogP contribution >= 0.6 is 0 Å². The van der Waals surface area contributed by atoms with Gasteiger partial charge in [-0.2, -0.15) is 0 Å². The Balaban J connectivity index is 0.000000469. The molecule has 2 N–H and O–H groups in total. The first-order valence-electron chi connectivity index (χ1n) is 10.1. The largest absolute Gasteiger partial charge is 0.493 e. The Morgan fingerprint density at radius 2 is 1.47 bits per heavy atom. The van der Waals surface area contributed by atoms with Gasteiger partial charge >= 0.3 is 11.9 Å². The molecule has 1 aliphatic rings. The molecule has 2 aromatic rings. The lowest BCUT2D eigenvalue weighted by atomic mass is 10.1. The normalized spacial score (nSPS) is 14.4. The van der Waals surface area contributed by atoms with Crippen molar-refractivity contribution in [2.45, 2.75) is 12.8 Å². The lowest BCUT2D eigenvalue weighted by Gasteiger charge is -2.32. The number of hydrogen-bond donors (Lipinski definition) is 2. The standard InChI is InChI=1S/C21H28N2O.C2H2O4/c1-22-14-16-23(17-15-22)13-7-8-18-24-21-12-6-5-11-20(21)19-9-3-2-4-10-19;3-1(4)2(5)6/h2-6,9-12H,7-8,13-18H2,1H3;(H,3,4)(H,5,6). The highest BCUT2D eigenvalue weighted by Crippen LogP contribution is 2.29. The van der Waals surface area contributed by atoms with E-state index in [-0.39, 0.29) is 0 Å².